The fraction of sp³-hybridized carbons (Fsp3) is 0.556. The van der Waals surface area contributed by atoms with Gasteiger partial charge in [-0.15, -0.1) is 0 Å². The normalized spacial score (nSPS) is 26.5. The Kier molecular flexibility index (Phi) is 3.92. The smallest absolute Gasteiger partial charge is 0.262 e. The van der Waals surface area contributed by atoms with Gasteiger partial charge in [0.25, 0.3) is 5.91 Å². The van der Waals surface area contributed by atoms with Gasteiger partial charge in [-0.25, -0.2) is 0 Å². The summed E-state index contributed by atoms with van der Waals surface area (Å²) < 4.78 is 5.34. The number of rotatable bonds is 4. The molecule has 1 aromatic carbocycles. The summed E-state index contributed by atoms with van der Waals surface area (Å²) >= 11 is 0. The van der Waals surface area contributed by atoms with Crippen LogP contribution in [0.25, 0.3) is 0 Å². The number of nitrogens with zero attached hydrogens (tertiary/aromatic N) is 1. The Morgan fingerprint density at radius 2 is 2.21 bits per heavy atom. The average Bonchev–Trinajstić information content (AvgIpc) is 3.32. The van der Waals surface area contributed by atoms with Crippen LogP contribution < -0.4 is 15.4 Å². The van der Waals surface area contributed by atoms with E-state index in [1.165, 1.54) is 12.8 Å². The molecule has 1 aromatic rings. The Morgan fingerprint density at radius 3 is 3.00 bits per heavy atom. The SMILES string of the molecule is CC1CN(C2CC2)CC1NC(=O)Cc1ccc2c(c1)NC(=O)CO2. The minimum Gasteiger partial charge on any atom is -0.482 e. The van der Waals surface area contributed by atoms with Gasteiger partial charge >= 0.3 is 0 Å². The van der Waals surface area contributed by atoms with Crippen molar-refractivity contribution in [1.82, 2.24) is 10.2 Å². The number of carbonyl (C=O) groups excluding carboxylic acids is 2. The molecule has 0 spiro atoms. The number of carbonyl (C=O) groups is 2. The molecular weight excluding hydrogens is 306 g/mol. The van der Waals surface area contributed by atoms with Gasteiger partial charge in [0.1, 0.15) is 5.75 Å². The van der Waals surface area contributed by atoms with E-state index in [0.717, 1.165) is 24.7 Å². The summed E-state index contributed by atoms with van der Waals surface area (Å²) in [6.45, 7) is 4.30. The Hall–Kier alpha value is -2.08. The molecule has 0 aromatic heterocycles. The van der Waals surface area contributed by atoms with Gasteiger partial charge in [-0.1, -0.05) is 13.0 Å². The number of benzene rings is 1. The van der Waals surface area contributed by atoms with E-state index in [9.17, 15) is 9.59 Å². The maximum absolute atomic E-state index is 12.4. The molecule has 3 aliphatic rings. The van der Waals surface area contributed by atoms with Gasteiger partial charge in [-0.2, -0.15) is 0 Å². The van der Waals surface area contributed by atoms with E-state index in [-0.39, 0.29) is 24.5 Å². The first kappa shape index (κ1) is 15.4. The van der Waals surface area contributed by atoms with Crippen LogP contribution in [-0.2, 0) is 16.0 Å². The Labute approximate surface area is 141 Å². The maximum Gasteiger partial charge on any atom is 0.262 e. The van der Waals surface area contributed by atoms with Crippen molar-refractivity contribution in [1.29, 1.82) is 0 Å². The summed E-state index contributed by atoms with van der Waals surface area (Å²) in [5.74, 6) is 1.02. The van der Waals surface area contributed by atoms with Crippen molar-refractivity contribution in [2.75, 3.05) is 25.0 Å². The molecule has 2 fully saturated rings. The van der Waals surface area contributed by atoms with E-state index >= 15 is 0 Å². The number of hydrogen-bond donors (Lipinski definition) is 2. The van der Waals surface area contributed by atoms with Gasteiger partial charge in [0.15, 0.2) is 6.61 Å². The van der Waals surface area contributed by atoms with Crippen LogP contribution in [0.1, 0.15) is 25.3 Å². The highest BCUT2D eigenvalue weighted by molar-refractivity contribution is 5.95. The van der Waals surface area contributed by atoms with E-state index in [1.807, 2.05) is 18.2 Å². The van der Waals surface area contributed by atoms with Crippen LogP contribution >= 0.6 is 0 Å². The van der Waals surface area contributed by atoms with Gasteiger partial charge in [-0.3, -0.25) is 14.5 Å². The number of hydrogen-bond acceptors (Lipinski definition) is 4. The molecule has 0 radical (unpaired) electrons. The van der Waals surface area contributed by atoms with Gasteiger partial charge in [-0.05, 0) is 36.5 Å². The molecule has 2 amide bonds. The predicted molar refractivity (Wildman–Crippen MR) is 90.0 cm³/mol. The van der Waals surface area contributed by atoms with Crippen molar-refractivity contribution in [2.45, 2.75) is 38.3 Å². The van der Waals surface area contributed by atoms with Crippen molar-refractivity contribution in [3.8, 4) is 5.75 Å². The van der Waals surface area contributed by atoms with Crippen LogP contribution in [0.5, 0.6) is 5.75 Å². The minimum absolute atomic E-state index is 0.0347. The topological polar surface area (TPSA) is 70.7 Å². The second-order valence-corrected chi connectivity index (χ2v) is 7.18. The zero-order chi connectivity index (χ0) is 16.7. The predicted octanol–water partition coefficient (Wildman–Crippen LogP) is 1.16. The molecule has 24 heavy (non-hydrogen) atoms. The second kappa shape index (κ2) is 6.09. The standard InChI is InChI=1S/C18H23N3O3/c1-11-8-21(13-3-4-13)9-15(11)20-17(22)7-12-2-5-16-14(6-12)19-18(23)10-24-16/h2,5-6,11,13,15H,3-4,7-10H2,1H3,(H,19,23)(H,20,22). The fourth-order valence-corrected chi connectivity index (χ4v) is 3.61. The molecule has 2 unspecified atom stereocenters. The number of anilines is 1. The van der Waals surface area contributed by atoms with Crippen LogP contribution in [-0.4, -0.2) is 48.5 Å². The third-order valence-electron chi connectivity index (χ3n) is 5.09. The lowest BCUT2D eigenvalue weighted by Gasteiger charge is -2.19. The lowest BCUT2D eigenvalue weighted by atomic mass is 10.1. The molecular formula is C18H23N3O3. The molecule has 6 heteroatoms. The van der Waals surface area contributed by atoms with Crippen LogP contribution in [0.2, 0.25) is 0 Å². The molecule has 4 rings (SSSR count). The number of likely N-dealkylation sites (tertiary alicyclic amines) is 1. The summed E-state index contributed by atoms with van der Waals surface area (Å²) in [6.07, 6.45) is 2.92. The lowest BCUT2D eigenvalue weighted by molar-refractivity contribution is -0.121. The highest BCUT2D eigenvalue weighted by Gasteiger charge is 2.38. The van der Waals surface area contributed by atoms with E-state index in [0.29, 0.717) is 23.8 Å². The van der Waals surface area contributed by atoms with Crippen LogP contribution in [0.4, 0.5) is 5.69 Å². The van der Waals surface area contributed by atoms with Crippen molar-refractivity contribution in [3.05, 3.63) is 23.8 Å². The zero-order valence-electron chi connectivity index (χ0n) is 13.9. The molecule has 1 saturated heterocycles. The maximum atomic E-state index is 12.4. The number of fused-ring (bicyclic) bond motifs is 1. The molecule has 6 nitrogen and oxygen atoms in total. The van der Waals surface area contributed by atoms with Gasteiger partial charge in [0, 0.05) is 25.2 Å². The summed E-state index contributed by atoms with van der Waals surface area (Å²) in [5.41, 5.74) is 1.52. The summed E-state index contributed by atoms with van der Waals surface area (Å²) in [5, 5.41) is 5.96. The highest BCUT2D eigenvalue weighted by atomic mass is 16.5. The molecule has 1 saturated carbocycles. The minimum atomic E-state index is -0.163. The van der Waals surface area contributed by atoms with E-state index in [4.69, 9.17) is 4.74 Å². The third kappa shape index (κ3) is 3.24. The van der Waals surface area contributed by atoms with Crippen molar-refractivity contribution >= 4 is 17.5 Å². The van der Waals surface area contributed by atoms with Gasteiger partial charge in [0.05, 0.1) is 12.1 Å². The number of amides is 2. The molecule has 0 bridgehead atoms. The van der Waals surface area contributed by atoms with Crippen LogP contribution in [0, 0.1) is 5.92 Å². The van der Waals surface area contributed by atoms with Crippen LogP contribution in [0.3, 0.4) is 0 Å². The third-order valence-corrected chi connectivity index (χ3v) is 5.09. The Balaban J connectivity index is 1.36. The Morgan fingerprint density at radius 1 is 1.38 bits per heavy atom. The molecule has 2 N–H and O–H groups in total. The first-order chi connectivity index (χ1) is 11.6. The fourth-order valence-electron chi connectivity index (χ4n) is 3.61. The van der Waals surface area contributed by atoms with E-state index in [2.05, 4.69) is 22.5 Å². The zero-order valence-corrected chi connectivity index (χ0v) is 13.9. The van der Waals surface area contributed by atoms with Crippen molar-refractivity contribution in [3.63, 3.8) is 0 Å². The molecule has 128 valence electrons. The van der Waals surface area contributed by atoms with Crippen molar-refractivity contribution in [2.24, 2.45) is 5.92 Å². The molecule has 2 aliphatic heterocycles. The summed E-state index contributed by atoms with van der Waals surface area (Å²) in [7, 11) is 0. The van der Waals surface area contributed by atoms with E-state index < -0.39 is 0 Å². The molecule has 2 heterocycles. The number of ether oxygens (including phenoxy) is 1. The largest absolute Gasteiger partial charge is 0.482 e. The monoisotopic (exact) mass is 329 g/mol. The average molecular weight is 329 g/mol. The number of nitrogens with one attached hydrogen (secondary N) is 2. The van der Waals surface area contributed by atoms with Crippen molar-refractivity contribution < 1.29 is 14.3 Å². The molecule has 2 atom stereocenters. The molecule has 1 aliphatic carbocycles. The van der Waals surface area contributed by atoms with Gasteiger partial charge in [0.2, 0.25) is 5.91 Å². The Bertz CT molecular complexity index is 671. The summed E-state index contributed by atoms with van der Waals surface area (Å²) in [4.78, 5) is 26.3. The van der Waals surface area contributed by atoms with E-state index in [1.54, 1.807) is 0 Å². The lowest BCUT2D eigenvalue weighted by Crippen LogP contribution is -2.40. The summed E-state index contributed by atoms with van der Waals surface area (Å²) in [6, 6.07) is 6.49. The first-order valence-corrected chi connectivity index (χ1v) is 8.67. The first-order valence-electron chi connectivity index (χ1n) is 8.67. The highest BCUT2D eigenvalue weighted by Crippen LogP contribution is 2.32. The van der Waals surface area contributed by atoms with Crippen LogP contribution in [0.15, 0.2) is 18.2 Å². The quantitative estimate of drug-likeness (QED) is 0.870. The van der Waals surface area contributed by atoms with Gasteiger partial charge < -0.3 is 15.4 Å². The second-order valence-electron chi connectivity index (χ2n) is 7.18.